The predicted octanol–water partition coefficient (Wildman–Crippen LogP) is 0.705. The van der Waals surface area contributed by atoms with Gasteiger partial charge in [-0.05, 0) is 0 Å². The summed E-state index contributed by atoms with van der Waals surface area (Å²) in [5, 5.41) is 8.97. The number of aromatic nitrogens is 1. The molecule has 0 bridgehead atoms. The third kappa shape index (κ3) is 3.96. The molecule has 0 aliphatic heterocycles. The average molecular weight is 249 g/mol. The predicted molar refractivity (Wildman–Crippen MR) is 56.6 cm³/mol. The van der Waals surface area contributed by atoms with Crippen molar-refractivity contribution in [1.29, 1.82) is 0 Å². The molecule has 1 rings (SSSR count). The van der Waals surface area contributed by atoms with E-state index in [2.05, 4.69) is 4.98 Å². The molecule has 5 nitrogen and oxygen atoms in total. The normalized spacial score (nSPS) is 11.5. The average Bonchev–Trinajstić information content (AvgIpc) is 2.50. The van der Waals surface area contributed by atoms with Gasteiger partial charge >= 0.3 is 5.97 Å². The maximum Gasteiger partial charge on any atom is 0.308 e. The van der Waals surface area contributed by atoms with E-state index in [1.807, 2.05) is 0 Å². The van der Waals surface area contributed by atoms with Crippen molar-refractivity contribution in [2.24, 2.45) is 0 Å². The fraction of sp³-hybridized carbons (Fsp3) is 0.500. The second kappa shape index (κ2) is 4.71. The first-order valence-electron chi connectivity index (χ1n) is 4.28. The van der Waals surface area contributed by atoms with Gasteiger partial charge in [0.1, 0.15) is 10.8 Å². The summed E-state index contributed by atoms with van der Waals surface area (Å²) in [6, 6.07) is 0. The van der Waals surface area contributed by atoms with Gasteiger partial charge in [-0.2, -0.15) is 0 Å². The maximum absolute atomic E-state index is 11.3. The lowest BCUT2D eigenvalue weighted by Crippen LogP contribution is -2.05. The monoisotopic (exact) mass is 249 g/mol. The second-order valence-corrected chi connectivity index (χ2v) is 6.52. The van der Waals surface area contributed by atoms with Crippen LogP contribution in [0.3, 0.4) is 0 Å². The van der Waals surface area contributed by atoms with E-state index in [-0.39, 0.29) is 17.9 Å². The van der Waals surface area contributed by atoms with Crippen molar-refractivity contribution in [3.63, 3.8) is 0 Å². The van der Waals surface area contributed by atoms with Crippen LogP contribution >= 0.6 is 11.3 Å². The van der Waals surface area contributed by atoms with Crippen molar-refractivity contribution in [2.75, 3.05) is 5.75 Å². The van der Waals surface area contributed by atoms with Crippen LogP contribution in [0.2, 0.25) is 0 Å². The van der Waals surface area contributed by atoms with Crippen LogP contribution in [0.1, 0.15) is 16.8 Å². The molecule has 0 unspecified atom stereocenters. The molecule has 1 heterocycles. The molecule has 0 aliphatic rings. The fourth-order valence-electron chi connectivity index (χ4n) is 0.936. The number of thiazole rings is 1. The Balaban J connectivity index is 2.73. The lowest BCUT2D eigenvalue weighted by molar-refractivity contribution is -0.136. The molecular weight excluding hydrogens is 238 g/mol. The molecule has 0 radical (unpaired) electrons. The summed E-state index contributed by atoms with van der Waals surface area (Å²) in [7, 11) is -3.09. The summed E-state index contributed by atoms with van der Waals surface area (Å²) in [5.74, 6) is -0.974. The third-order valence-corrected chi connectivity index (χ3v) is 4.48. The Hall–Kier alpha value is -0.950. The Morgan fingerprint density at radius 3 is 2.80 bits per heavy atom. The molecule has 0 fully saturated rings. The molecule has 1 aromatic rings. The number of aliphatic carboxylic acids is 1. The maximum atomic E-state index is 11.3. The SMILES string of the molecule is CCS(=O)(=O)Cc1ncc(CC(=O)O)s1. The van der Waals surface area contributed by atoms with E-state index in [1.54, 1.807) is 6.92 Å². The molecule has 84 valence electrons. The topological polar surface area (TPSA) is 84.3 Å². The van der Waals surface area contributed by atoms with Crippen molar-refractivity contribution < 1.29 is 18.3 Å². The first kappa shape index (κ1) is 12.1. The molecule has 0 aromatic carbocycles. The molecule has 15 heavy (non-hydrogen) atoms. The first-order chi connectivity index (χ1) is 6.93. The van der Waals surface area contributed by atoms with Crippen molar-refractivity contribution >= 4 is 27.1 Å². The Kier molecular flexibility index (Phi) is 3.81. The van der Waals surface area contributed by atoms with Crippen molar-refractivity contribution in [1.82, 2.24) is 4.98 Å². The van der Waals surface area contributed by atoms with E-state index in [0.29, 0.717) is 9.88 Å². The Morgan fingerprint density at radius 1 is 1.60 bits per heavy atom. The number of sulfone groups is 1. The molecule has 7 heteroatoms. The van der Waals surface area contributed by atoms with Crippen LogP contribution in [0.5, 0.6) is 0 Å². The van der Waals surface area contributed by atoms with Gasteiger partial charge in [-0.1, -0.05) is 6.92 Å². The van der Waals surface area contributed by atoms with E-state index in [9.17, 15) is 13.2 Å². The number of nitrogens with zero attached hydrogens (tertiary/aromatic N) is 1. The summed E-state index contributed by atoms with van der Waals surface area (Å²) < 4.78 is 22.5. The van der Waals surface area contributed by atoms with Crippen molar-refractivity contribution in [3.8, 4) is 0 Å². The molecule has 0 spiro atoms. The van der Waals surface area contributed by atoms with Gasteiger partial charge in [0, 0.05) is 16.8 Å². The van der Waals surface area contributed by atoms with E-state index in [0.717, 1.165) is 11.3 Å². The summed E-state index contributed by atoms with van der Waals surface area (Å²) in [4.78, 5) is 14.8. The minimum atomic E-state index is -3.09. The number of carboxylic acid groups (broad SMARTS) is 1. The molecule has 1 N–H and O–H groups in total. The highest BCUT2D eigenvalue weighted by atomic mass is 32.2. The van der Waals surface area contributed by atoms with Gasteiger partial charge in [0.25, 0.3) is 0 Å². The molecule has 0 aliphatic carbocycles. The highest BCUT2D eigenvalue weighted by Gasteiger charge is 2.13. The third-order valence-electron chi connectivity index (χ3n) is 1.71. The van der Waals surface area contributed by atoms with Crippen molar-refractivity contribution in [2.45, 2.75) is 19.1 Å². The van der Waals surface area contributed by atoms with Crippen molar-refractivity contribution in [3.05, 3.63) is 16.1 Å². The second-order valence-electron chi connectivity index (χ2n) is 2.97. The van der Waals surface area contributed by atoms with E-state index < -0.39 is 15.8 Å². The highest BCUT2D eigenvalue weighted by Crippen LogP contribution is 2.16. The van der Waals surface area contributed by atoms with Gasteiger partial charge in [0.15, 0.2) is 9.84 Å². The Bertz CT molecular complexity index is 449. The minimum Gasteiger partial charge on any atom is -0.481 e. The standard InChI is InChI=1S/C8H11NO4S2/c1-2-15(12,13)5-7-9-4-6(14-7)3-8(10)11/h4H,2-3,5H2,1H3,(H,10,11). The first-order valence-corrected chi connectivity index (χ1v) is 6.92. The molecule has 0 saturated heterocycles. The molecule has 1 aromatic heterocycles. The van der Waals surface area contributed by atoms with Crippen LogP contribution in [-0.4, -0.2) is 30.2 Å². The van der Waals surface area contributed by atoms with Gasteiger partial charge < -0.3 is 5.11 Å². The number of hydrogen-bond acceptors (Lipinski definition) is 5. The lowest BCUT2D eigenvalue weighted by Gasteiger charge is -1.95. The summed E-state index contributed by atoms with van der Waals surface area (Å²) in [5.41, 5.74) is 0. The number of carboxylic acids is 1. The van der Waals surface area contributed by atoms with E-state index >= 15 is 0 Å². The van der Waals surface area contributed by atoms with Crippen LogP contribution in [0, 0.1) is 0 Å². The molecular formula is C8H11NO4S2. The van der Waals surface area contributed by atoms with Crippen LogP contribution in [0.4, 0.5) is 0 Å². The minimum absolute atomic E-state index is 0.0703. The fourth-order valence-corrected chi connectivity index (χ4v) is 3.07. The van der Waals surface area contributed by atoms with E-state index in [1.165, 1.54) is 6.20 Å². The zero-order valence-corrected chi connectivity index (χ0v) is 9.77. The van der Waals surface area contributed by atoms with Gasteiger partial charge in [-0.3, -0.25) is 4.79 Å². The summed E-state index contributed by atoms with van der Waals surface area (Å²) in [6.07, 6.45) is 1.31. The summed E-state index contributed by atoms with van der Waals surface area (Å²) >= 11 is 1.13. The van der Waals surface area contributed by atoms with Gasteiger partial charge in [-0.15, -0.1) is 11.3 Å². The molecule has 0 amide bonds. The van der Waals surface area contributed by atoms with E-state index in [4.69, 9.17) is 5.11 Å². The van der Waals surface area contributed by atoms with Gasteiger partial charge in [-0.25, -0.2) is 13.4 Å². The zero-order valence-electron chi connectivity index (χ0n) is 8.13. The largest absolute Gasteiger partial charge is 0.481 e. The number of carbonyl (C=O) groups is 1. The highest BCUT2D eigenvalue weighted by molar-refractivity contribution is 7.90. The smallest absolute Gasteiger partial charge is 0.308 e. The van der Waals surface area contributed by atoms with Crippen LogP contribution in [-0.2, 0) is 26.8 Å². The van der Waals surface area contributed by atoms with Crippen LogP contribution < -0.4 is 0 Å². The lowest BCUT2D eigenvalue weighted by atomic mass is 10.4. The molecule has 0 saturated carbocycles. The van der Waals surface area contributed by atoms with Crippen LogP contribution in [0.25, 0.3) is 0 Å². The number of hydrogen-bond donors (Lipinski definition) is 1. The summed E-state index contributed by atoms with van der Waals surface area (Å²) in [6.45, 7) is 1.57. The van der Waals surface area contributed by atoms with Crippen LogP contribution in [0.15, 0.2) is 6.20 Å². The molecule has 0 atom stereocenters. The van der Waals surface area contributed by atoms with Gasteiger partial charge in [0.2, 0.25) is 0 Å². The van der Waals surface area contributed by atoms with Gasteiger partial charge in [0.05, 0.1) is 6.42 Å². The Morgan fingerprint density at radius 2 is 2.27 bits per heavy atom. The number of rotatable bonds is 5. The quantitative estimate of drug-likeness (QED) is 0.830. The zero-order chi connectivity index (χ0) is 11.5. The Labute approximate surface area is 91.7 Å².